The number of halogens is 1. The van der Waals surface area contributed by atoms with Crippen LogP contribution in [-0.2, 0) is 6.42 Å². The van der Waals surface area contributed by atoms with Crippen molar-refractivity contribution in [3.8, 4) is 5.75 Å². The maximum atomic E-state index is 13.1. The molecule has 0 fully saturated rings. The van der Waals surface area contributed by atoms with E-state index in [0.717, 1.165) is 12.0 Å². The fourth-order valence-electron chi connectivity index (χ4n) is 1.56. The number of hydrogen-bond donors (Lipinski definition) is 1. The van der Waals surface area contributed by atoms with Gasteiger partial charge in [-0.2, -0.15) is 0 Å². The summed E-state index contributed by atoms with van der Waals surface area (Å²) in [6.07, 6.45) is 1.33. The molecule has 0 bridgehead atoms. The van der Waals surface area contributed by atoms with Crippen molar-refractivity contribution in [2.24, 2.45) is 0 Å². The molecule has 0 saturated carbocycles. The highest BCUT2D eigenvalue weighted by molar-refractivity contribution is 6.44. The zero-order valence-corrected chi connectivity index (χ0v) is 7.38. The summed E-state index contributed by atoms with van der Waals surface area (Å²) in [7, 11) is -0.784. The summed E-state index contributed by atoms with van der Waals surface area (Å²) in [6.45, 7) is 1.66. The minimum atomic E-state index is -0.784. The van der Waals surface area contributed by atoms with Crippen LogP contribution in [0.25, 0.3) is 0 Å². The number of hydrogen-bond acceptors (Lipinski definition) is 2. The van der Waals surface area contributed by atoms with E-state index in [1.54, 1.807) is 13.0 Å². The molecule has 68 valence electrons. The van der Waals surface area contributed by atoms with E-state index in [0.29, 0.717) is 17.6 Å². The summed E-state index contributed by atoms with van der Waals surface area (Å²) in [5, 5.41) is 9.23. The molecular formula is C9H10BFO2. The molecule has 0 aromatic heterocycles. The van der Waals surface area contributed by atoms with Gasteiger partial charge in [0.15, 0.2) is 0 Å². The second-order valence-electron chi connectivity index (χ2n) is 3.27. The Balaban J connectivity index is 2.48. The topological polar surface area (TPSA) is 29.5 Å². The maximum absolute atomic E-state index is 13.1. The van der Waals surface area contributed by atoms with Gasteiger partial charge in [-0.1, -0.05) is 6.07 Å². The van der Waals surface area contributed by atoms with Crippen molar-refractivity contribution in [2.45, 2.75) is 19.7 Å². The summed E-state index contributed by atoms with van der Waals surface area (Å²) in [6, 6.07) is 3.15. The van der Waals surface area contributed by atoms with E-state index in [-0.39, 0.29) is 5.82 Å². The van der Waals surface area contributed by atoms with Crippen LogP contribution < -0.4 is 4.65 Å². The Hall–Kier alpha value is -1.03. The Bertz CT molecular complexity index is 341. The monoisotopic (exact) mass is 180 g/mol. The molecule has 1 heterocycles. The number of benzene rings is 1. The molecular weight excluding hydrogens is 170 g/mol. The molecule has 0 unspecified atom stereocenters. The molecule has 1 aliphatic heterocycles. The van der Waals surface area contributed by atoms with Gasteiger partial charge in [-0.3, -0.25) is 0 Å². The molecule has 0 spiro atoms. The predicted octanol–water partition coefficient (Wildman–Crippen LogP) is 1.55. The Labute approximate surface area is 76.5 Å². The summed E-state index contributed by atoms with van der Waals surface area (Å²) >= 11 is 0. The Morgan fingerprint density at radius 2 is 2.31 bits per heavy atom. The van der Waals surface area contributed by atoms with Gasteiger partial charge in [0, 0.05) is 5.56 Å². The molecule has 1 N–H and O–H groups in total. The standard InChI is InChI=1S/C9H10BFO2/c1-6-8(11)3-2-7-4-5-10(12)13-9(6)7/h2-3,12H,4-5H2,1H3. The van der Waals surface area contributed by atoms with E-state index in [1.807, 2.05) is 0 Å². The Morgan fingerprint density at radius 1 is 1.54 bits per heavy atom. The van der Waals surface area contributed by atoms with Crippen LogP contribution in [0, 0.1) is 12.7 Å². The molecule has 2 nitrogen and oxygen atoms in total. The van der Waals surface area contributed by atoms with E-state index >= 15 is 0 Å². The third-order valence-electron chi connectivity index (χ3n) is 2.34. The molecule has 1 aromatic carbocycles. The summed E-state index contributed by atoms with van der Waals surface area (Å²) in [4.78, 5) is 0. The lowest BCUT2D eigenvalue weighted by Gasteiger charge is -2.21. The first-order valence-electron chi connectivity index (χ1n) is 4.31. The first-order chi connectivity index (χ1) is 6.18. The van der Waals surface area contributed by atoms with E-state index in [2.05, 4.69) is 0 Å². The van der Waals surface area contributed by atoms with Gasteiger partial charge in [0.25, 0.3) is 0 Å². The number of aryl methyl sites for hydroxylation is 1. The first-order valence-corrected chi connectivity index (χ1v) is 4.31. The van der Waals surface area contributed by atoms with Gasteiger partial charge >= 0.3 is 7.12 Å². The van der Waals surface area contributed by atoms with Crippen molar-refractivity contribution in [1.29, 1.82) is 0 Å². The highest BCUT2D eigenvalue weighted by Crippen LogP contribution is 2.31. The van der Waals surface area contributed by atoms with Crippen LogP contribution in [0.3, 0.4) is 0 Å². The van der Waals surface area contributed by atoms with E-state index in [4.69, 9.17) is 4.65 Å². The van der Waals surface area contributed by atoms with Crippen molar-refractivity contribution in [2.75, 3.05) is 0 Å². The van der Waals surface area contributed by atoms with Crippen molar-refractivity contribution >= 4 is 7.12 Å². The molecule has 0 aliphatic carbocycles. The molecule has 0 radical (unpaired) electrons. The Morgan fingerprint density at radius 3 is 3.08 bits per heavy atom. The molecule has 0 saturated heterocycles. The van der Waals surface area contributed by atoms with E-state index in [1.165, 1.54) is 6.07 Å². The van der Waals surface area contributed by atoms with Crippen molar-refractivity contribution < 1.29 is 14.1 Å². The molecule has 0 atom stereocenters. The second-order valence-corrected chi connectivity index (χ2v) is 3.27. The summed E-state index contributed by atoms with van der Waals surface area (Å²) in [5.41, 5.74) is 1.46. The third kappa shape index (κ3) is 1.42. The van der Waals surface area contributed by atoms with Crippen LogP contribution >= 0.6 is 0 Å². The largest absolute Gasteiger partial charge is 0.536 e. The minimum Gasteiger partial charge on any atom is -0.536 e. The molecule has 13 heavy (non-hydrogen) atoms. The lowest BCUT2D eigenvalue weighted by atomic mass is 9.78. The zero-order chi connectivity index (χ0) is 9.42. The molecule has 1 aliphatic rings. The fourth-order valence-corrected chi connectivity index (χ4v) is 1.56. The SMILES string of the molecule is Cc1c(F)ccc2c1OB(O)CC2. The molecule has 0 amide bonds. The van der Waals surface area contributed by atoms with E-state index in [9.17, 15) is 9.41 Å². The van der Waals surface area contributed by atoms with Crippen LogP contribution in [-0.4, -0.2) is 12.1 Å². The highest BCUT2D eigenvalue weighted by Gasteiger charge is 2.25. The van der Waals surface area contributed by atoms with Gasteiger partial charge in [-0.25, -0.2) is 4.39 Å². The number of fused-ring (bicyclic) bond motifs is 1. The average Bonchev–Trinajstić information content (AvgIpc) is 2.12. The predicted molar refractivity (Wildman–Crippen MR) is 48.2 cm³/mol. The van der Waals surface area contributed by atoms with Gasteiger partial charge in [-0.15, -0.1) is 0 Å². The van der Waals surface area contributed by atoms with Crippen LogP contribution in [0.5, 0.6) is 5.75 Å². The van der Waals surface area contributed by atoms with Crippen LogP contribution in [0.4, 0.5) is 4.39 Å². The average molecular weight is 180 g/mol. The summed E-state index contributed by atoms with van der Waals surface area (Å²) in [5.74, 6) is 0.228. The molecule has 4 heteroatoms. The minimum absolute atomic E-state index is 0.284. The van der Waals surface area contributed by atoms with E-state index < -0.39 is 7.12 Å². The van der Waals surface area contributed by atoms with Gasteiger partial charge in [-0.05, 0) is 31.3 Å². The van der Waals surface area contributed by atoms with Crippen molar-refractivity contribution in [3.63, 3.8) is 0 Å². The third-order valence-corrected chi connectivity index (χ3v) is 2.34. The fraction of sp³-hybridized carbons (Fsp3) is 0.333. The maximum Gasteiger partial charge on any atom is 0.522 e. The molecule has 1 aromatic rings. The summed E-state index contributed by atoms with van der Waals surface area (Å²) < 4.78 is 18.2. The van der Waals surface area contributed by atoms with Crippen LogP contribution in [0.2, 0.25) is 6.32 Å². The van der Waals surface area contributed by atoms with Crippen molar-refractivity contribution in [3.05, 3.63) is 29.1 Å². The zero-order valence-electron chi connectivity index (χ0n) is 7.38. The first kappa shape index (κ1) is 8.57. The van der Waals surface area contributed by atoms with Gasteiger partial charge < -0.3 is 9.68 Å². The Kier molecular flexibility index (Phi) is 2.00. The quantitative estimate of drug-likeness (QED) is 0.613. The van der Waals surface area contributed by atoms with Gasteiger partial charge in [0.2, 0.25) is 0 Å². The smallest absolute Gasteiger partial charge is 0.522 e. The second kappa shape index (κ2) is 3.03. The van der Waals surface area contributed by atoms with Gasteiger partial charge in [0.1, 0.15) is 11.6 Å². The normalized spacial score (nSPS) is 15.2. The van der Waals surface area contributed by atoms with Crippen LogP contribution in [0.15, 0.2) is 12.1 Å². The number of rotatable bonds is 0. The lowest BCUT2D eigenvalue weighted by Crippen LogP contribution is -2.27. The molecule has 2 rings (SSSR count). The van der Waals surface area contributed by atoms with Crippen LogP contribution in [0.1, 0.15) is 11.1 Å². The van der Waals surface area contributed by atoms with Gasteiger partial charge in [0.05, 0.1) is 0 Å². The lowest BCUT2D eigenvalue weighted by molar-refractivity contribution is 0.395. The van der Waals surface area contributed by atoms with Crippen molar-refractivity contribution in [1.82, 2.24) is 0 Å². The highest BCUT2D eigenvalue weighted by atomic mass is 19.1.